The number of ketones is 1. The summed E-state index contributed by atoms with van der Waals surface area (Å²) in [5.74, 6) is 0.0220. The van der Waals surface area contributed by atoms with Crippen LogP contribution in [0.15, 0.2) is 30.3 Å². The number of thiazole rings is 1. The van der Waals surface area contributed by atoms with Gasteiger partial charge >= 0.3 is 0 Å². The Balaban J connectivity index is 1.99. The molecule has 0 saturated heterocycles. The SMILES string of the molecule is CC(=O)c1sc([C@H](C)CNC(=O)c2ccccc2)nc1C. The fourth-order valence-corrected chi connectivity index (χ4v) is 2.99. The molecule has 0 radical (unpaired) electrons. The quantitative estimate of drug-likeness (QED) is 0.863. The van der Waals surface area contributed by atoms with E-state index in [0.29, 0.717) is 17.0 Å². The van der Waals surface area contributed by atoms with Gasteiger partial charge in [-0.3, -0.25) is 9.59 Å². The van der Waals surface area contributed by atoms with E-state index in [4.69, 9.17) is 0 Å². The third kappa shape index (κ3) is 3.76. The fraction of sp³-hybridized carbons (Fsp3) is 0.312. The van der Waals surface area contributed by atoms with E-state index in [-0.39, 0.29) is 17.6 Å². The summed E-state index contributed by atoms with van der Waals surface area (Å²) in [6, 6.07) is 9.10. The number of carbonyl (C=O) groups excluding carboxylic acids is 2. The summed E-state index contributed by atoms with van der Waals surface area (Å²) >= 11 is 1.41. The van der Waals surface area contributed by atoms with E-state index in [1.54, 1.807) is 19.1 Å². The molecule has 0 unspecified atom stereocenters. The molecule has 1 N–H and O–H groups in total. The lowest BCUT2D eigenvalue weighted by Gasteiger charge is -2.10. The van der Waals surface area contributed by atoms with Crippen molar-refractivity contribution in [1.82, 2.24) is 10.3 Å². The molecule has 0 bridgehead atoms. The van der Waals surface area contributed by atoms with Crippen molar-refractivity contribution in [3.05, 3.63) is 51.5 Å². The van der Waals surface area contributed by atoms with Gasteiger partial charge in [-0.25, -0.2) is 4.98 Å². The molecule has 5 heteroatoms. The first-order valence-corrected chi connectivity index (χ1v) is 7.62. The number of aryl methyl sites for hydroxylation is 1. The van der Waals surface area contributed by atoms with Crippen LogP contribution in [0.25, 0.3) is 0 Å². The van der Waals surface area contributed by atoms with Crippen molar-refractivity contribution in [1.29, 1.82) is 0 Å². The molecule has 0 aliphatic carbocycles. The van der Waals surface area contributed by atoms with E-state index in [2.05, 4.69) is 10.3 Å². The van der Waals surface area contributed by atoms with Gasteiger partial charge in [0.15, 0.2) is 5.78 Å². The lowest BCUT2D eigenvalue weighted by molar-refractivity contribution is 0.0950. The highest BCUT2D eigenvalue weighted by atomic mass is 32.1. The summed E-state index contributed by atoms with van der Waals surface area (Å²) in [7, 11) is 0. The molecule has 0 saturated carbocycles. The molecular formula is C16H18N2O2S. The van der Waals surface area contributed by atoms with Gasteiger partial charge in [0.05, 0.1) is 15.6 Å². The number of benzene rings is 1. The number of aromatic nitrogens is 1. The number of carbonyl (C=O) groups is 2. The van der Waals surface area contributed by atoms with E-state index in [1.165, 1.54) is 11.3 Å². The van der Waals surface area contributed by atoms with Crippen LogP contribution in [0.2, 0.25) is 0 Å². The van der Waals surface area contributed by atoms with E-state index >= 15 is 0 Å². The normalized spacial score (nSPS) is 12.0. The van der Waals surface area contributed by atoms with Crippen LogP contribution in [0.3, 0.4) is 0 Å². The zero-order valence-corrected chi connectivity index (χ0v) is 13.2. The van der Waals surface area contributed by atoms with Gasteiger partial charge in [-0.05, 0) is 19.1 Å². The number of nitrogens with one attached hydrogen (secondary N) is 1. The predicted molar refractivity (Wildman–Crippen MR) is 84.0 cm³/mol. The smallest absolute Gasteiger partial charge is 0.251 e. The fourth-order valence-electron chi connectivity index (χ4n) is 1.98. The molecule has 2 rings (SSSR count). The lowest BCUT2D eigenvalue weighted by Crippen LogP contribution is -2.27. The van der Waals surface area contributed by atoms with E-state index < -0.39 is 0 Å². The Morgan fingerprint density at radius 3 is 2.52 bits per heavy atom. The maximum absolute atomic E-state index is 12.0. The molecule has 1 atom stereocenters. The van der Waals surface area contributed by atoms with Crippen molar-refractivity contribution in [2.75, 3.05) is 6.54 Å². The number of rotatable bonds is 5. The van der Waals surface area contributed by atoms with E-state index in [0.717, 1.165) is 10.7 Å². The standard InChI is InChI=1S/C16H18N2O2S/c1-10(16-18-11(2)14(21-16)12(3)19)9-17-15(20)13-7-5-4-6-8-13/h4-8,10H,9H2,1-3H3,(H,17,20)/t10-/m1/s1. The predicted octanol–water partition coefficient (Wildman–Crippen LogP) is 3.19. The Kier molecular flexibility index (Phi) is 4.85. The summed E-state index contributed by atoms with van der Waals surface area (Å²) in [4.78, 5) is 28.6. The molecule has 0 aliphatic rings. The van der Waals surface area contributed by atoms with Crippen molar-refractivity contribution in [2.24, 2.45) is 0 Å². The van der Waals surface area contributed by atoms with Gasteiger partial charge in [0, 0.05) is 24.9 Å². The summed E-state index contributed by atoms with van der Waals surface area (Å²) in [6.45, 7) is 5.88. The average molecular weight is 302 g/mol. The minimum absolute atomic E-state index is 0.0387. The van der Waals surface area contributed by atoms with Gasteiger partial charge < -0.3 is 5.32 Å². The molecule has 0 aliphatic heterocycles. The van der Waals surface area contributed by atoms with Gasteiger partial charge in [0.25, 0.3) is 5.91 Å². The number of nitrogens with zero attached hydrogens (tertiary/aromatic N) is 1. The van der Waals surface area contributed by atoms with Crippen LogP contribution >= 0.6 is 11.3 Å². The number of hydrogen-bond donors (Lipinski definition) is 1. The van der Waals surface area contributed by atoms with Crippen molar-refractivity contribution < 1.29 is 9.59 Å². The molecule has 110 valence electrons. The van der Waals surface area contributed by atoms with Crippen LogP contribution in [-0.2, 0) is 0 Å². The van der Waals surface area contributed by atoms with Crippen LogP contribution in [0.5, 0.6) is 0 Å². The first-order chi connectivity index (χ1) is 9.99. The second kappa shape index (κ2) is 6.63. The molecule has 0 spiro atoms. The van der Waals surface area contributed by atoms with E-state index in [1.807, 2.05) is 32.0 Å². The maximum atomic E-state index is 12.0. The number of hydrogen-bond acceptors (Lipinski definition) is 4. The zero-order chi connectivity index (χ0) is 15.4. The molecule has 21 heavy (non-hydrogen) atoms. The maximum Gasteiger partial charge on any atom is 0.251 e. The van der Waals surface area contributed by atoms with Gasteiger partial charge in [-0.1, -0.05) is 25.1 Å². The van der Waals surface area contributed by atoms with Gasteiger partial charge in [-0.2, -0.15) is 0 Å². The minimum atomic E-state index is -0.0949. The second-order valence-electron chi connectivity index (χ2n) is 5.00. The van der Waals surface area contributed by atoms with Crippen LogP contribution in [0.4, 0.5) is 0 Å². The third-order valence-electron chi connectivity index (χ3n) is 3.16. The van der Waals surface area contributed by atoms with Gasteiger partial charge in [0.2, 0.25) is 0 Å². The summed E-state index contributed by atoms with van der Waals surface area (Å²) in [5.41, 5.74) is 1.41. The van der Waals surface area contributed by atoms with Gasteiger partial charge in [-0.15, -0.1) is 11.3 Å². The van der Waals surface area contributed by atoms with Crippen LogP contribution in [-0.4, -0.2) is 23.2 Å². The molecule has 0 fully saturated rings. The Bertz CT molecular complexity index is 650. The number of amides is 1. The highest BCUT2D eigenvalue weighted by Crippen LogP contribution is 2.24. The summed E-state index contributed by atoms with van der Waals surface area (Å²) in [5, 5.41) is 3.78. The molecule has 1 heterocycles. The van der Waals surface area contributed by atoms with Crippen molar-refractivity contribution in [2.45, 2.75) is 26.7 Å². The second-order valence-corrected chi connectivity index (χ2v) is 6.03. The minimum Gasteiger partial charge on any atom is -0.351 e. The number of Topliss-reactive ketones (excluding diaryl/α,β-unsaturated/α-hetero) is 1. The highest BCUT2D eigenvalue weighted by Gasteiger charge is 2.17. The molecule has 1 amide bonds. The molecule has 4 nitrogen and oxygen atoms in total. The summed E-state index contributed by atoms with van der Waals surface area (Å²) in [6.07, 6.45) is 0. The van der Waals surface area contributed by atoms with Crippen LogP contribution in [0, 0.1) is 6.92 Å². The molecule has 1 aromatic carbocycles. The zero-order valence-electron chi connectivity index (χ0n) is 12.3. The topological polar surface area (TPSA) is 59.1 Å². The first-order valence-electron chi connectivity index (χ1n) is 6.80. The van der Waals surface area contributed by atoms with Crippen molar-refractivity contribution >= 4 is 23.0 Å². The van der Waals surface area contributed by atoms with Crippen LogP contribution in [0.1, 0.15) is 50.5 Å². The lowest BCUT2D eigenvalue weighted by atomic mass is 10.1. The Morgan fingerprint density at radius 2 is 1.95 bits per heavy atom. The molecular weight excluding hydrogens is 284 g/mol. The largest absolute Gasteiger partial charge is 0.351 e. The van der Waals surface area contributed by atoms with Gasteiger partial charge in [0.1, 0.15) is 0 Å². The first kappa shape index (κ1) is 15.4. The van der Waals surface area contributed by atoms with Crippen LogP contribution < -0.4 is 5.32 Å². The molecule has 1 aromatic heterocycles. The molecule has 2 aromatic rings. The summed E-state index contributed by atoms with van der Waals surface area (Å²) < 4.78 is 0. The monoisotopic (exact) mass is 302 g/mol. The Hall–Kier alpha value is -2.01. The van der Waals surface area contributed by atoms with E-state index in [9.17, 15) is 9.59 Å². The highest BCUT2D eigenvalue weighted by molar-refractivity contribution is 7.13. The average Bonchev–Trinajstić information content (AvgIpc) is 2.87. The van der Waals surface area contributed by atoms with Crippen molar-refractivity contribution in [3.63, 3.8) is 0 Å². The third-order valence-corrected chi connectivity index (χ3v) is 4.65. The van der Waals surface area contributed by atoms with Crippen molar-refractivity contribution in [3.8, 4) is 0 Å². The Morgan fingerprint density at radius 1 is 1.29 bits per heavy atom. The Labute approximate surface area is 128 Å².